The summed E-state index contributed by atoms with van der Waals surface area (Å²) in [7, 11) is 0. The molecule has 4 nitrogen and oxygen atoms in total. The Kier molecular flexibility index (Phi) is 5.67. The Morgan fingerprint density at radius 1 is 1.29 bits per heavy atom. The Balaban J connectivity index is 1.84. The molecular weight excluding hydrogens is 262 g/mol. The minimum atomic E-state index is -0.333. The molecule has 3 N–H and O–H groups in total. The molecule has 122 valence electrons. The van der Waals surface area contributed by atoms with Gasteiger partial charge in [-0.15, -0.1) is 0 Å². The van der Waals surface area contributed by atoms with Crippen LogP contribution < -0.4 is 11.1 Å². The van der Waals surface area contributed by atoms with E-state index in [1.54, 1.807) is 0 Å². The zero-order valence-corrected chi connectivity index (χ0v) is 14.1. The topological polar surface area (TPSA) is 58.4 Å². The third-order valence-electron chi connectivity index (χ3n) is 5.48. The summed E-state index contributed by atoms with van der Waals surface area (Å²) in [5.74, 6) is 1.06. The predicted octanol–water partition coefficient (Wildman–Crippen LogP) is 2.13. The maximum absolute atomic E-state index is 12.3. The maximum Gasteiger partial charge on any atom is 0.237 e. The highest BCUT2D eigenvalue weighted by molar-refractivity contribution is 5.82. The predicted molar refractivity (Wildman–Crippen MR) is 86.9 cm³/mol. The number of amides is 1. The van der Waals surface area contributed by atoms with Crippen LogP contribution in [0, 0.1) is 11.8 Å². The SMILES string of the molecule is CCC1CC(NC(=O)[C@H](N)[C@@H](C)C2CC2)CCN1C(C)C. The van der Waals surface area contributed by atoms with Gasteiger partial charge < -0.3 is 11.1 Å². The molecule has 0 aromatic carbocycles. The molecule has 1 heterocycles. The third-order valence-corrected chi connectivity index (χ3v) is 5.48. The minimum absolute atomic E-state index is 0.0623. The molecule has 1 aliphatic heterocycles. The molecule has 0 radical (unpaired) electrons. The molecule has 4 heteroatoms. The number of carbonyl (C=O) groups excluding carboxylic acids is 1. The first kappa shape index (κ1) is 16.8. The van der Waals surface area contributed by atoms with Crippen LogP contribution in [0.3, 0.4) is 0 Å². The first-order valence-electron chi connectivity index (χ1n) is 8.75. The number of nitrogens with zero attached hydrogens (tertiary/aromatic N) is 1. The number of carbonyl (C=O) groups is 1. The van der Waals surface area contributed by atoms with Crippen molar-refractivity contribution in [1.29, 1.82) is 0 Å². The van der Waals surface area contributed by atoms with E-state index in [1.165, 1.54) is 12.8 Å². The lowest BCUT2D eigenvalue weighted by molar-refractivity contribution is -0.124. The van der Waals surface area contributed by atoms with Gasteiger partial charge in [0.2, 0.25) is 5.91 Å². The van der Waals surface area contributed by atoms with Gasteiger partial charge in [-0.2, -0.15) is 0 Å². The summed E-state index contributed by atoms with van der Waals surface area (Å²) < 4.78 is 0. The van der Waals surface area contributed by atoms with Gasteiger partial charge in [-0.05, 0) is 57.8 Å². The van der Waals surface area contributed by atoms with Crippen LogP contribution in [0.4, 0.5) is 0 Å². The number of nitrogens with one attached hydrogen (secondary N) is 1. The summed E-state index contributed by atoms with van der Waals surface area (Å²) in [6.07, 6.45) is 5.74. The number of hydrogen-bond donors (Lipinski definition) is 2. The Labute approximate surface area is 129 Å². The van der Waals surface area contributed by atoms with Gasteiger partial charge in [-0.25, -0.2) is 0 Å². The normalized spacial score (nSPS) is 30.2. The highest BCUT2D eigenvalue weighted by Gasteiger charge is 2.36. The summed E-state index contributed by atoms with van der Waals surface area (Å²) >= 11 is 0. The number of nitrogens with two attached hydrogens (primary N) is 1. The second-order valence-corrected chi connectivity index (χ2v) is 7.35. The molecule has 0 aromatic heterocycles. The lowest BCUT2D eigenvalue weighted by atomic mass is 9.92. The fraction of sp³-hybridized carbons (Fsp3) is 0.941. The van der Waals surface area contributed by atoms with Gasteiger partial charge in [0.25, 0.3) is 0 Å². The molecule has 1 saturated heterocycles. The van der Waals surface area contributed by atoms with Crippen LogP contribution in [0.5, 0.6) is 0 Å². The van der Waals surface area contributed by atoms with Crippen molar-refractivity contribution in [3.8, 4) is 0 Å². The molecule has 2 unspecified atom stereocenters. The highest BCUT2D eigenvalue weighted by atomic mass is 16.2. The van der Waals surface area contributed by atoms with Crippen LogP contribution in [-0.4, -0.2) is 41.5 Å². The van der Waals surface area contributed by atoms with Crippen molar-refractivity contribution < 1.29 is 4.79 Å². The number of rotatable bonds is 6. The van der Waals surface area contributed by atoms with Crippen molar-refractivity contribution in [3.05, 3.63) is 0 Å². The number of hydrogen-bond acceptors (Lipinski definition) is 3. The second kappa shape index (κ2) is 7.10. The maximum atomic E-state index is 12.3. The van der Waals surface area contributed by atoms with E-state index in [0.29, 0.717) is 30.0 Å². The van der Waals surface area contributed by atoms with E-state index in [9.17, 15) is 4.79 Å². The zero-order valence-electron chi connectivity index (χ0n) is 14.1. The second-order valence-electron chi connectivity index (χ2n) is 7.35. The van der Waals surface area contributed by atoms with Crippen LogP contribution in [0.1, 0.15) is 59.8 Å². The van der Waals surface area contributed by atoms with Crippen LogP contribution in [0.25, 0.3) is 0 Å². The van der Waals surface area contributed by atoms with E-state index in [1.807, 2.05) is 0 Å². The van der Waals surface area contributed by atoms with E-state index < -0.39 is 0 Å². The van der Waals surface area contributed by atoms with E-state index in [-0.39, 0.29) is 11.9 Å². The summed E-state index contributed by atoms with van der Waals surface area (Å²) in [5.41, 5.74) is 6.14. The first-order valence-corrected chi connectivity index (χ1v) is 8.75. The number of piperidine rings is 1. The molecule has 1 aliphatic carbocycles. The third kappa shape index (κ3) is 4.19. The average molecular weight is 295 g/mol. The van der Waals surface area contributed by atoms with Crippen LogP contribution in [0.15, 0.2) is 0 Å². The number of likely N-dealkylation sites (tertiary alicyclic amines) is 1. The van der Waals surface area contributed by atoms with Gasteiger partial charge in [0.15, 0.2) is 0 Å². The molecule has 21 heavy (non-hydrogen) atoms. The summed E-state index contributed by atoms with van der Waals surface area (Å²) in [5, 5.41) is 3.22. The van der Waals surface area contributed by atoms with Crippen LogP contribution >= 0.6 is 0 Å². The van der Waals surface area contributed by atoms with Crippen molar-refractivity contribution in [2.45, 2.75) is 84.0 Å². The molecule has 2 rings (SSSR count). The average Bonchev–Trinajstić information content (AvgIpc) is 3.29. The summed E-state index contributed by atoms with van der Waals surface area (Å²) in [4.78, 5) is 14.9. The van der Waals surface area contributed by atoms with Crippen LogP contribution in [0.2, 0.25) is 0 Å². The molecule has 0 aromatic rings. The Morgan fingerprint density at radius 3 is 2.48 bits per heavy atom. The van der Waals surface area contributed by atoms with E-state index in [0.717, 1.165) is 25.8 Å². The summed E-state index contributed by atoms with van der Waals surface area (Å²) in [6, 6.07) is 1.14. The zero-order chi connectivity index (χ0) is 15.6. The van der Waals surface area contributed by atoms with Gasteiger partial charge in [-0.3, -0.25) is 9.69 Å². The fourth-order valence-electron chi connectivity index (χ4n) is 3.73. The molecule has 2 aliphatic rings. The van der Waals surface area contributed by atoms with Gasteiger partial charge in [0.1, 0.15) is 0 Å². The van der Waals surface area contributed by atoms with Gasteiger partial charge in [0.05, 0.1) is 6.04 Å². The molecule has 0 bridgehead atoms. The van der Waals surface area contributed by atoms with Gasteiger partial charge >= 0.3 is 0 Å². The molecule has 1 saturated carbocycles. The smallest absolute Gasteiger partial charge is 0.237 e. The fourth-order valence-corrected chi connectivity index (χ4v) is 3.73. The molecule has 0 spiro atoms. The van der Waals surface area contributed by atoms with Crippen molar-refractivity contribution in [2.24, 2.45) is 17.6 Å². The van der Waals surface area contributed by atoms with E-state index >= 15 is 0 Å². The standard InChI is InChI=1S/C17H33N3O/c1-5-15-10-14(8-9-20(15)11(2)3)19-17(21)16(18)12(4)13-6-7-13/h11-16H,5-10,18H2,1-4H3,(H,19,21)/t12-,14?,15?,16+/m0/s1. The minimum Gasteiger partial charge on any atom is -0.352 e. The van der Waals surface area contributed by atoms with E-state index in [2.05, 4.69) is 37.9 Å². The molecular formula is C17H33N3O. The molecule has 1 amide bonds. The van der Waals surface area contributed by atoms with Crippen molar-refractivity contribution in [3.63, 3.8) is 0 Å². The van der Waals surface area contributed by atoms with Gasteiger partial charge in [0, 0.05) is 24.7 Å². The Hall–Kier alpha value is -0.610. The van der Waals surface area contributed by atoms with Crippen molar-refractivity contribution >= 4 is 5.91 Å². The first-order chi connectivity index (χ1) is 9.93. The quantitative estimate of drug-likeness (QED) is 0.789. The monoisotopic (exact) mass is 295 g/mol. The Morgan fingerprint density at radius 2 is 1.95 bits per heavy atom. The lowest BCUT2D eigenvalue weighted by Crippen LogP contribution is -2.55. The Bertz CT molecular complexity index is 354. The van der Waals surface area contributed by atoms with Gasteiger partial charge in [-0.1, -0.05) is 13.8 Å². The van der Waals surface area contributed by atoms with Crippen molar-refractivity contribution in [2.75, 3.05) is 6.54 Å². The lowest BCUT2D eigenvalue weighted by Gasteiger charge is -2.42. The van der Waals surface area contributed by atoms with Crippen molar-refractivity contribution in [1.82, 2.24) is 10.2 Å². The largest absolute Gasteiger partial charge is 0.352 e. The van der Waals surface area contributed by atoms with E-state index in [4.69, 9.17) is 5.73 Å². The summed E-state index contributed by atoms with van der Waals surface area (Å²) in [6.45, 7) is 9.96. The van der Waals surface area contributed by atoms with Crippen LogP contribution in [-0.2, 0) is 4.79 Å². The molecule has 4 atom stereocenters. The highest BCUT2D eigenvalue weighted by Crippen LogP contribution is 2.37. The molecule has 2 fully saturated rings.